The van der Waals surface area contributed by atoms with E-state index in [1.54, 1.807) is 6.07 Å². The van der Waals surface area contributed by atoms with E-state index in [1.165, 1.54) is 0 Å². The molecule has 0 aliphatic heterocycles. The Hall–Kier alpha value is -1.51. The first-order valence-electron chi connectivity index (χ1n) is 5.87. The fourth-order valence-corrected chi connectivity index (χ4v) is 2.08. The Morgan fingerprint density at radius 2 is 1.74 bits per heavy atom. The lowest BCUT2D eigenvalue weighted by atomic mass is 10.1. The number of carbonyl (C=O) groups excluding carboxylic acids is 1. The Bertz CT molecular complexity index is 567. The number of hydrogen-bond donors (Lipinski definition) is 1. The van der Waals surface area contributed by atoms with Crippen LogP contribution in [0.5, 0.6) is 0 Å². The second-order valence-electron chi connectivity index (χ2n) is 4.15. The van der Waals surface area contributed by atoms with Gasteiger partial charge in [0.15, 0.2) is 0 Å². The van der Waals surface area contributed by atoms with Crippen LogP contribution in [0.1, 0.15) is 11.1 Å². The van der Waals surface area contributed by atoms with Crippen molar-refractivity contribution in [2.75, 3.05) is 5.32 Å². The minimum absolute atomic E-state index is 0.0910. The molecule has 2 rings (SSSR count). The number of halogens is 2. The average molecular weight is 294 g/mol. The topological polar surface area (TPSA) is 29.1 Å². The van der Waals surface area contributed by atoms with Crippen molar-refractivity contribution in [3.05, 3.63) is 64.7 Å². The van der Waals surface area contributed by atoms with E-state index in [4.69, 9.17) is 23.2 Å². The van der Waals surface area contributed by atoms with Crippen molar-refractivity contribution in [2.24, 2.45) is 0 Å². The number of nitrogens with one attached hydrogen (secondary N) is 1. The molecule has 0 bridgehead atoms. The van der Waals surface area contributed by atoms with Gasteiger partial charge in [0.05, 0.1) is 6.42 Å². The Morgan fingerprint density at radius 3 is 2.37 bits per heavy atom. The van der Waals surface area contributed by atoms with E-state index in [-0.39, 0.29) is 12.3 Å². The monoisotopic (exact) mass is 293 g/mol. The Balaban J connectivity index is 1.99. The van der Waals surface area contributed by atoms with E-state index in [0.717, 1.165) is 16.8 Å². The van der Waals surface area contributed by atoms with Gasteiger partial charge in [0, 0.05) is 16.6 Å². The first kappa shape index (κ1) is 13.9. The maximum absolute atomic E-state index is 11.9. The third kappa shape index (κ3) is 3.98. The number of alkyl halides is 1. The Kier molecular flexibility index (Phi) is 4.83. The molecule has 2 aromatic rings. The summed E-state index contributed by atoms with van der Waals surface area (Å²) in [6.45, 7) is 0. The zero-order chi connectivity index (χ0) is 13.7. The van der Waals surface area contributed by atoms with E-state index in [0.29, 0.717) is 10.9 Å². The van der Waals surface area contributed by atoms with Crippen LogP contribution in [0.25, 0.3) is 0 Å². The molecule has 0 spiro atoms. The molecule has 0 heterocycles. The molecule has 0 radical (unpaired) electrons. The molecule has 0 aliphatic rings. The third-order valence-corrected chi connectivity index (χ3v) is 3.38. The zero-order valence-corrected chi connectivity index (χ0v) is 11.7. The van der Waals surface area contributed by atoms with Gasteiger partial charge < -0.3 is 5.32 Å². The summed E-state index contributed by atoms with van der Waals surface area (Å²) in [5, 5.41) is 3.43. The molecule has 0 aliphatic carbocycles. The summed E-state index contributed by atoms with van der Waals surface area (Å²) in [5.74, 6) is 0.375. The van der Waals surface area contributed by atoms with Crippen molar-refractivity contribution in [2.45, 2.75) is 12.3 Å². The van der Waals surface area contributed by atoms with E-state index in [2.05, 4.69) is 5.32 Å². The lowest BCUT2D eigenvalue weighted by molar-refractivity contribution is -0.115. The molecule has 4 heteroatoms. The van der Waals surface area contributed by atoms with Crippen LogP contribution in [0.4, 0.5) is 5.69 Å². The summed E-state index contributed by atoms with van der Waals surface area (Å²) in [6, 6.07) is 14.8. The predicted octanol–water partition coefficient (Wildman–Crippen LogP) is 4.26. The largest absolute Gasteiger partial charge is 0.326 e. The quantitative estimate of drug-likeness (QED) is 0.839. The molecule has 0 unspecified atom stereocenters. The summed E-state index contributed by atoms with van der Waals surface area (Å²) in [4.78, 5) is 11.9. The minimum Gasteiger partial charge on any atom is -0.326 e. The van der Waals surface area contributed by atoms with E-state index in [1.807, 2.05) is 42.5 Å². The number of hydrogen-bond acceptors (Lipinski definition) is 1. The fraction of sp³-hybridized carbons (Fsp3) is 0.133. The summed E-state index contributed by atoms with van der Waals surface area (Å²) in [5.41, 5.74) is 2.59. The summed E-state index contributed by atoms with van der Waals surface area (Å²) in [6.07, 6.45) is 0.261. The summed E-state index contributed by atoms with van der Waals surface area (Å²) < 4.78 is 0. The van der Waals surface area contributed by atoms with Crippen LogP contribution in [0.3, 0.4) is 0 Å². The van der Waals surface area contributed by atoms with Gasteiger partial charge in [-0.15, -0.1) is 11.6 Å². The van der Waals surface area contributed by atoms with Gasteiger partial charge in [0.2, 0.25) is 5.91 Å². The minimum atomic E-state index is -0.0910. The SMILES string of the molecule is O=C(Cc1ccccc1Cl)Nc1ccc(CCl)cc1. The third-order valence-electron chi connectivity index (χ3n) is 2.70. The molecular weight excluding hydrogens is 281 g/mol. The molecule has 0 saturated heterocycles. The number of benzene rings is 2. The first-order valence-corrected chi connectivity index (χ1v) is 6.78. The second kappa shape index (κ2) is 6.60. The highest BCUT2D eigenvalue weighted by atomic mass is 35.5. The van der Waals surface area contributed by atoms with Gasteiger partial charge in [-0.3, -0.25) is 4.79 Å². The van der Waals surface area contributed by atoms with Crippen LogP contribution in [0.2, 0.25) is 5.02 Å². The average Bonchev–Trinajstić information content (AvgIpc) is 2.42. The molecule has 1 N–H and O–H groups in total. The van der Waals surface area contributed by atoms with Gasteiger partial charge >= 0.3 is 0 Å². The molecule has 0 fully saturated rings. The van der Waals surface area contributed by atoms with Crippen LogP contribution in [-0.4, -0.2) is 5.91 Å². The fourth-order valence-electron chi connectivity index (χ4n) is 1.70. The highest BCUT2D eigenvalue weighted by molar-refractivity contribution is 6.31. The lowest BCUT2D eigenvalue weighted by Gasteiger charge is -2.07. The standard InChI is InChI=1S/C15H13Cl2NO/c16-10-11-5-7-13(8-6-11)18-15(19)9-12-3-1-2-4-14(12)17/h1-8H,9-10H2,(H,18,19). The normalized spacial score (nSPS) is 10.2. The number of carbonyl (C=O) groups is 1. The maximum Gasteiger partial charge on any atom is 0.228 e. The Labute approximate surface area is 122 Å². The van der Waals surface area contributed by atoms with Crippen molar-refractivity contribution < 1.29 is 4.79 Å². The highest BCUT2D eigenvalue weighted by Gasteiger charge is 2.06. The molecule has 0 aromatic heterocycles. The number of rotatable bonds is 4. The van der Waals surface area contributed by atoms with Gasteiger partial charge in [0.25, 0.3) is 0 Å². The Morgan fingerprint density at radius 1 is 1.05 bits per heavy atom. The van der Waals surface area contributed by atoms with Crippen LogP contribution in [-0.2, 0) is 17.1 Å². The molecule has 0 atom stereocenters. The number of anilines is 1. The predicted molar refractivity (Wildman–Crippen MR) is 79.8 cm³/mol. The molecule has 2 aromatic carbocycles. The van der Waals surface area contributed by atoms with Crippen molar-refractivity contribution in [3.8, 4) is 0 Å². The van der Waals surface area contributed by atoms with E-state index >= 15 is 0 Å². The van der Waals surface area contributed by atoms with Gasteiger partial charge in [-0.2, -0.15) is 0 Å². The summed E-state index contributed by atoms with van der Waals surface area (Å²) in [7, 11) is 0. The first-order chi connectivity index (χ1) is 9.19. The zero-order valence-electron chi connectivity index (χ0n) is 10.2. The van der Waals surface area contributed by atoms with Crippen LogP contribution in [0, 0.1) is 0 Å². The van der Waals surface area contributed by atoms with Gasteiger partial charge in [-0.25, -0.2) is 0 Å². The second-order valence-corrected chi connectivity index (χ2v) is 4.82. The van der Waals surface area contributed by atoms with Crippen molar-refractivity contribution in [3.63, 3.8) is 0 Å². The van der Waals surface area contributed by atoms with E-state index in [9.17, 15) is 4.79 Å². The van der Waals surface area contributed by atoms with Crippen molar-refractivity contribution >= 4 is 34.8 Å². The maximum atomic E-state index is 11.9. The smallest absolute Gasteiger partial charge is 0.228 e. The van der Waals surface area contributed by atoms with Gasteiger partial charge in [-0.1, -0.05) is 41.9 Å². The highest BCUT2D eigenvalue weighted by Crippen LogP contribution is 2.16. The number of amides is 1. The molecule has 98 valence electrons. The van der Waals surface area contributed by atoms with Crippen molar-refractivity contribution in [1.29, 1.82) is 0 Å². The molecule has 1 amide bonds. The van der Waals surface area contributed by atoms with Crippen LogP contribution in [0.15, 0.2) is 48.5 Å². The van der Waals surface area contributed by atoms with Gasteiger partial charge in [0.1, 0.15) is 0 Å². The molecule has 2 nitrogen and oxygen atoms in total. The molecular formula is C15H13Cl2NO. The molecule has 0 saturated carbocycles. The van der Waals surface area contributed by atoms with Crippen LogP contribution < -0.4 is 5.32 Å². The van der Waals surface area contributed by atoms with Crippen LogP contribution >= 0.6 is 23.2 Å². The summed E-state index contributed by atoms with van der Waals surface area (Å²) >= 11 is 11.7. The van der Waals surface area contributed by atoms with Crippen molar-refractivity contribution in [1.82, 2.24) is 0 Å². The molecule has 19 heavy (non-hydrogen) atoms. The van der Waals surface area contributed by atoms with Gasteiger partial charge in [-0.05, 0) is 29.3 Å². The van der Waals surface area contributed by atoms with E-state index < -0.39 is 0 Å². The lowest BCUT2D eigenvalue weighted by Crippen LogP contribution is -2.14.